The molecule has 0 bridgehead atoms. The Labute approximate surface area is 178 Å². The SMILES string of the molecule is COc1ccc(Cn2c(=O)c3ncccc3n(CC(=O)NCC3CCCO3)c2=O)cc1. The number of pyridine rings is 1. The molecule has 0 saturated carbocycles. The fraction of sp³-hybridized carbons (Fsp3) is 0.364. The Kier molecular flexibility index (Phi) is 6.13. The standard InChI is InChI=1S/C22H24N4O5/c1-30-16-8-6-15(7-9-16)13-26-21(28)20-18(5-2-10-23-20)25(22(26)29)14-19(27)24-12-17-4-3-11-31-17/h2,5-10,17H,3-4,11-14H2,1H3,(H,24,27). The van der Waals surface area contributed by atoms with E-state index >= 15 is 0 Å². The molecule has 3 aromatic rings. The highest BCUT2D eigenvalue weighted by molar-refractivity contribution is 5.79. The average molecular weight is 424 g/mol. The molecule has 1 amide bonds. The maximum absolute atomic E-state index is 13.2. The molecule has 9 nitrogen and oxygen atoms in total. The van der Waals surface area contributed by atoms with Crippen LogP contribution in [0.2, 0.25) is 0 Å². The summed E-state index contributed by atoms with van der Waals surface area (Å²) in [6.45, 7) is 0.949. The molecule has 0 spiro atoms. The summed E-state index contributed by atoms with van der Waals surface area (Å²) in [4.78, 5) is 42.9. The predicted octanol–water partition coefficient (Wildman–Crippen LogP) is 0.910. The molecular formula is C22H24N4O5. The van der Waals surface area contributed by atoms with E-state index in [1.165, 1.54) is 10.8 Å². The number of amides is 1. The second-order valence-electron chi connectivity index (χ2n) is 7.42. The number of benzene rings is 1. The second kappa shape index (κ2) is 9.13. The molecule has 1 N–H and O–H groups in total. The fourth-order valence-corrected chi connectivity index (χ4v) is 3.68. The minimum Gasteiger partial charge on any atom is -0.497 e. The lowest BCUT2D eigenvalue weighted by molar-refractivity contribution is -0.122. The minimum absolute atomic E-state index is 0.00288. The van der Waals surface area contributed by atoms with Gasteiger partial charge in [0.1, 0.15) is 12.3 Å². The summed E-state index contributed by atoms with van der Waals surface area (Å²) in [5, 5.41) is 2.82. The van der Waals surface area contributed by atoms with Gasteiger partial charge in [0, 0.05) is 19.3 Å². The van der Waals surface area contributed by atoms with Gasteiger partial charge in [0.15, 0.2) is 5.52 Å². The minimum atomic E-state index is -0.561. The molecule has 0 aliphatic carbocycles. The number of methoxy groups -OCH3 is 1. The van der Waals surface area contributed by atoms with Crippen LogP contribution in [0.25, 0.3) is 11.0 Å². The van der Waals surface area contributed by atoms with E-state index in [2.05, 4.69) is 10.3 Å². The van der Waals surface area contributed by atoms with Gasteiger partial charge in [-0.15, -0.1) is 0 Å². The summed E-state index contributed by atoms with van der Waals surface area (Å²) in [7, 11) is 1.57. The number of rotatable bonds is 7. The quantitative estimate of drug-likeness (QED) is 0.605. The zero-order valence-corrected chi connectivity index (χ0v) is 17.2. The van der Waals surface area contributed by atoms with Crippen molar-refractivity contribution in [1.29, 1.82) is 0 Å². The van der Waals surface area contributed by atoms with Crippen molar-refractivity contribution in [2.45, 2.75) is 32.0 Å². The van der Waals surface area contributed by atoms with Crippen LogP contribution < -0.4 is 21.3 Å². The second-order valence-corrected chi connectivity index (χ2v) is 7.42. The number of aromatic nitrogens is 3. The molecule has 31 heavy (non-hydrogen) atoms. The molecule has 1 aliphatic rings. The zero-order chi connectivity index (χ0) is 21.8. The molecule has 0 radical (unpaired) electrons. The van der Waals surface area contributed by atoms with E-state index in [9.17, 15) is 14.4 Å². The zero-order valence-electron chi connectivity index (χ0n) is 17.2. The first-order valence-electron chi connectivity index (χ1n) is 10.2. The van der Waals surface area contributed by atoms with Gasteiger partial charge in [-0.2, -0.15) is 0 Å². The van der Waals surface area contributed by atoms with Gasteiger partial charge in [-0.1, -0.05) is 12.1 Å². The first-order chi connectivity index (χ1) is 15.1. The highest BCUT2D eigenvalue weighted by atomic mass is 16.5. The Morgan fingerprint density at radius 3 is 2.74 bits per heavy atom. The number of hydrogen-bond donors (Lipinski definition) is 1. The van der Waals surface area contributed by atoms with Crippen molar-refractivity contribution < 1.29 is 14.3 Å². The van der Waals surface area contributed by atoms with Crippen LogP contribution >= 0.6 is 0 Å². The van der Waals surface area contributed by atoms with Crippen molar-refractivity contribution >= 4 is 16.9 Å². The van der Waals surface area contributed by atoms with Crippen LogP contribution in [-0.2, 0) is 22.6 Å². The van der Waals surface area contributed by atoms with Crippen LogP contribution in [0.15, 0.2) is 52.2 Å². The highest BCUT2D eigenvalue weighted by Gasteiger charge is 2.19. The van der Waals surface area contributed by atoms with Gasteiger partial charge >= 0.3 is 5.69 Å². The number of nitrogens with zero attached hydrogens (tertiary/aromatic N) is 3. The number of carbonyl (C=O) groups excluding carboxylic acids is 1. The first kappa shape index (κ1) is 20.8. The summed E-state index contributed by atoms with van der Waals surface area (Å²) in [6.07, 6.45) is 3.38. The Morgan fingerprint density at radius 1 is 1.23 bits per heavy atom. The summed E-state index contributed by atoms with van der Waals surface area (Å²) in [5.41, 5.74) is 0.170. The molecule has 2 aromatic heterocycles. The van der Waals surface area contributed by atoms with Crippen LogP contribution in [0.5, 0.6) is 5.75 Å². The van der Waals surface area contributed by atoms with E-state index in [0.29, 0.717) is 24.4 Å². The van der Waals surface area contributed by atoms with Crippen LogP contribution in [-0.4, -0.2) is 46.4 Å². The van der Waals surface area contributed by atoms with E-state index in [1.807, 2.05) is 0 Å². The largest absolute Gasteiger partial charge is 0.497 e. The molecule has 1 unspecified atom stereocenters. The number of fused-ring (bicyclic) bond motifs is 1. The van der Waals surface area contributed by atoms with Crippen LogP contribution in [0.3, 0.4) is 0 Å². The summed E-state index contributed by atoms with van der Waals surface area (Å²) >= 11 is 0. The maximum Gasteiger partial charge on any atom is 0.332 e. The molecule has 1 fully saturated rings. The monoisotopic (exact) mass is 424 g/mol. The first-order valence-corrected chi connectivity index (χ1v) is 10.2. The Hall–Kier alpha value is -3.46. The van der Waals surface area contributed by atoms with Crippen molar-refractivity contribution in [2.75, 3.05) is 20.3 Å². The lowest BCUT2D eigenvalue weighted by Gasteiger charge is -2.15. The predicted molar refractivity (Wildman–Crippen MR) is 114 cm³/mol. The molecule has 3 heterocycles. The van der Waals surface area contributed by atoms with Gasteiger partial charge in [-0.05, 0) is 42.7 Å². The Balaban J connectivity index is 1.66. The molecule has 1 saturated heterocycles. The van der Waals surface area contributed by atoms with Crippen molar-refractivity contribution in [3.05, 3.63) is 69.0 Å². The molecule has 1 aliphatic heterocycles. The van der Waals surface area contributed by atoms with Gasteiger partial charge in [0.05, 0.1) is 25.3 Å². The average Bonchev–Trinajstić information content (AvgIpc) is 3.32. The van der Waals surface area contributed by atoms with Gasteiger partial charge in [-0.3, -0.25) is 18.7 Å². The van der Waals surface area contributed by atoms with Crippen molar-refractivity contribution in [1.82, 2.24) is 19.4 Å². The third-order valence-corrected chi connectivity index (χ3v) is 5.34. The third-order valence-electron chi connectivity index (χ3n) is 5.34. The number of carbonyl (C=O) groups is 1. The van der Waals surface area contributed by atoms with E-state index in [0.717, 1.165) is 23.0 Å². The van der Waals surface area contributed by atoms with Crippen LogP contribution in [0.4, 0.5) is 0 Å². The van der Waals surface area contributed by atoms with Crippen molar-refractivity contribution in [3.63, 3.8) is 0 Å². The summed E-state index contributed by atoms with van der Waals surface area (Å²) in [5.74, 6) is 0.356. The summed E-state index contributed by atoms with van der Waals surface area (Å²) in [6, 6.07) is 10.3. The van der Waals surface area contributed by atoms with Gasteiger partial charge < -0.3 is 14.8 Å². The van der Waals surface area contributed by atoms with Crippen LogP contribution in [0, 0.1) is 0 Å². The molecular weight excluding hydrogens is 400 g/mol. The molecule has 162 valence electrons. The van der Waals surface area contributed by atoms with Crippen molar-refractivity contribution in [3.8, 4) is 5.75 Å². The number of nitrogens with one attached hydrogen (secondary N) is 1. The molecule has 4 rings (SSSR count). The topological polar surface area (TPSA) is 104 Å². The molecule has 1 aromatic carbocycles. The normalized spacial score (nSPS) is 15.8. The lowest BCUT2D eigenvalue weighted by atomic mass is 10.2. The highest BCUT2D eigenvalue weighted by Crippen LogP contribution is 2.13. The number of ether oxygens (including phenoxy) is 2. The maximum atomic E-state index is 13.2. The van der Waals surface area contributed by atoms with Crippen LogP contribution in [0.1, 0.15) is 18.4 Å². The third kappa shape index (κ3) is 4.51. The van der Waals surface area contributed by atoms with E-state index in [-0.39, 0.29) is 30.6 Å². The fourth-order valence-electron chi connectivity index (χ4n) is 3.68. The molecule has 9 heteroatoms. The van der Waals surface area contributed by atoms with E-state index in [1.54, 1.807) is 43.5 Å². The van der Waals surface area contributed by atoms with Gasteiger partial charge in [0.2, 0.25) is 5.91 Å². The van der Waals surface area contributed by atoms with E-state index < -0.39 is 11.2 Å². The van der Waals surface area contributed by atoms with Crippen molar-refractivity contribution in [2.24, 2.45) is 0 Å². The Morgan fingerprint density at radius 2 is 2.03 bits per heavy atom. The number of hydrogen-bond acceptors (Lipinski definition) is 6. The van der Waals surface area contributed by atoms with Gasteiger partial charge in [0.25, 0.3) is 5.56 Å². The Bertz CT molecular complexity index is 1190. The lowest BCUT2D eigenvalue weighted by Crippen LogP contribution is -2.43. The van der Waals surface area contributed by atoms with Gasteiger partial charge in [-0.25, -0.2) is 9.78 Å². The van der Waals surface area contributed by atoms with E-state index in [4.69, 9.17) is 9.47 Å². The smallest absolute Gasteiger partial charge is 0.332 e. The summed E-state index contributed by atoms with van der Waals surface area (Å²) < 4.78 is 13.1. The molecule has 1 atom stereocenters.